The molecule has 0 aromatic heterocycles. The zero-order valence-electron chi connectivity index (χ0n) is 5.00. The summed E-state index contributed by atoms with van der Waals surface area (Å²) in [5.41, 5.74) is 5.02. The molecule has 3 N–H and O–H groups in total. The summed E-state index contributed by atoms with van der Waals surface area (Å²) >= 11 is 4.42. The molecule has 5 heteroatoms. The molecule has 0 aliphatic heterocycles. The standard InChI is InChI=1S/C4H8N2O2S/c1-2-6(3(5)9)4(7)8/h2H2,1H3,(H2,5,9)(H,7,8). The Hall–Kier alpha value is -0.840. The van der Waals surface area contributed by atoms with E-state index in [-0.39, 0.29) is 5.11 Å². The van der Waals surface area contributed by atoms with E-state index in [1.54, 1.807) is 6.92 Å². The van der Waals surface area contributed by atoms with Crippen molar-refractivity contribution in [3.05, 3.63) is 0 Å². The van der Waals surface area contributed by atoms with Crippen molar-refractivity contribution >= 4 is 23.4 Å². The van der Waals surface area contributed by atoms with Crippen LogP contribution < -0.4 is 5.73 Å². The van der Waals surface area contributed by atoms with Crippen molar-refractivity contribution in [1.29, 1.82) is 0 Å². The Bertz CT molecular complexity index is 123. The van der Waals surface area contributed by atoms with Crippen LogP contribution in [0.15, 0.2) is 0 Å². The number of thiocarbonyl (C=S) groups is 1. The monoisotopic (exact) mass is 148 g/mol. The number of hydrogen-bond acceptors (Lipinski definition) is 2. The lowest BCUT2D eigenvalue weighted by molar-refractivity contribution is 0.171. The van der Waals surface area contributed by atoms with Crippen LogP contribution in [0, 0.1) is 0 Å². The summed E-state index contributed by atoms with van der Waals surface area (Å²) in [4.78, 5) is 11.0. The molecular formula is C4H8N2O2S. The van der Waals surface area contributed by atoms with E-state index in [0.29, 0.717) is 6.54 Å². The van der Waals surface area contributed by atoms with Crippen molar-refractivity contribution in [3.63, 3.8) is 0 Å². The second kappa shape index (κ2) is 3.24. The molecule has 0 aliphatic carbocycles. The second-order valence-electron chi connectivity index (χ2n) is 1.37. The van der Waals surface area contributed by atoms with Crippen molar-refractivity contribution in [1.82, 2.24) is 4.90 Å². The Morgan fingerprint density at radius 3 is 2.33 bits per heavy atom. The minimum Gasteiger partial charge on any atom is -0.465 e. The van der Waals surface area contributed by atoms with Gasteiger partial charge in [-0.3, -0.25) is 4.90 Å². The zero-order valence-corrected chi connectivity index (χ0v) is 5.81. The number of amides is 1. The molecule has 0 bridgehead atoms. The fourth-order valence-corrected chi connectivity index (χ4v) is 0.593. The summed E-state index contributed by atoms with van der Waals surface area (Å²) in [6.07, 6.45) is -1.11. The van der Waals surface area contributed by atoms with Gasteiger partial charge in [-0.15, -0.1) is 0 Å². The van der Waals surface area contributed by atoms with Crippen LogP contribution in [-0.2, 0) is 0 Å². The van der Waals surface area contributed by atoms with Gasteiger partial charge in [0.2, 0.25) is 0 Å². The first kappa shape index (κ1) is 8.16. The van der Waals surface area contributed by atoms with Crippen LogP contribution in [-0.4, -0.2) is 27.8 Å². The van der Waals surface area contributed by atoms with Gasteiger partial charge in [0, 0.05) is 6.54 Å². The average Bonchev–Trinajstić information content (AvgIpc) is 1.64. The largest absolute Gasteiger partial charge is 0.465 e. The second-order valence-corrected chi connectivity index (χ2v) is 1.78. The van der Waals surface area contributed by atoms with Gasteiger partial charge in [0.25, 0.3) is 0 Å². The first-order chi connectivity index (χ1) is 4.09. The first-order valence-electron chi connectivity index (χ1n) is 2.39. The number of carboxylic acid groups (broad SMARTS) is 1. The van der Waals surface area contributed by atoms with Gasteiger partial charge in [-0.25, -0.2) is 4.79 Å². The van der Waals surface area contributed by atoms with Crippen LogP contribution in [0.3, 0.4) is 0 Å². The smallest absolute Gasteiger partial charge is 0.413 e. The van der Waals surface area contributed by atoms with Gasteiger partial charge < -0.3 is 10.8 Å². The molecule has 0 aliphatic rings. The van der Waals surface area contributed by atoms with Crippen LogP contribution in [0.5, 0.6) is 0 Å². The Kier molecular flexibility index (Phi) is 2.94. The van der Waals surface area contributed by atoms with Gasteiger partial charge in [-0.05, 0) is 19.1 Å². The van der Waals surface area contributed by atoms with Crippen molar-refractivity contribution in [2.75, 3.05) is 6.54 Å². The van der Waals surface area contributed by atoms with Gasteiger partial charge in [0.05, 0.1) is 0 Å². The molecule has 52 valence electrons. The SMILES string of the molecule is CCN(C(=O)O)C(N)=S. The summed E-state index contributed by atoms with van der Waals surface area (Å²) in [6.45, 7) is 1.96. The molecule has 0 fully saturated rings. The van der Waals surface area contributed by atoms with Crippen LogP contribution in [0.25, 0.3) is 0 Å². The lowest BCUT2D eigenvalue weighted by Gasteiger charge is -2.12. The minimum absolute atomic E-state index is 0.106. The lowest BCUT2D eigenvalue weighted by atomic mass is 10.6. The summed E-state index contributed by atoms with van der Waals surface area (Å²) < 4.78 is 0. The molecule has 9 heavy (non-hydrogen) atoms. The van der Waals surface area contributed by atoms with E-state index < -0.39 is 6.09 Å². The normalized spacial score (nSPS) is 8.56. The highest BCUT2D eigenvalue weighted by atomic mass is 32.1. The van der Waals surface area contributed by atoms with E-state index in [4.69, 9.17) is 10.8 Å². The predicted octanol–water partition coefficient (Wildman–Crippen LogP) is 0.230. The number of nitrogens with two attached hydrogens (primary N) is 1. The highest BCUT2D eigenvalue weighted by Gasteiger charge is 2.09. The number of nitrogens with zero attached hydrogens (tertiary/aromatic N) is 1. The summed E-state index contributed by atoms with van der Waals surface area (Å²) in [6, 6.07) is 0. The quantitative estimate of drug-likeness (QED) is 0.522. The van der Waals surface area contributed by atoms with Gasteiger partial charge in [0.1, 0.15) is 0 Å². The van der Waals surface area contributed by atoms with Crippen LogP contribution in [0.4, 0.5) is 4.79 Å². The topological polar surface area (TPSA) is 66.6 Å². The van der Waals surface area contributed by atoms with Crippen molar-refractivity contribution in [2.24, 2.45) is 5.73 Å². The van der Waals surface area contributed by atoms with Crippen LogP contribution in [0.2, 0.25) is 0 Å². The Morgan fingerprint density at radius 2 is 2.33 bits per heavy atom. The summed E-state index contributed by atoms with van der Waals surface area (Å²) in [5, 5.41) is 8.20. The van der Waals surface area contributed by atoms with Gasteiger partial charge in [0.15, 0.2) is 5.11 Å². The molecule has 0 spiro atoms. The maximum Gasteiger partial charge on any atom is 0.413 e. The highest BCUT2D eigenvalue weighted by Crippen LogP contribution is 1.86. The molecule has 0 aromatic rings. The van der Waals surface area contributed by atoms with E-state index in [2.05, 4.69) is 12.2 Å². The summed E-state index contributed by atoms with van der Waals surface area (Å²) in [7, 11) is 0. The van der Waals surface area contributed by atoms with Gasteiger partial charge in [-0.2, -0.15) is 0 Å². The van der Waals surface area contributed by atoms with Gasteiger partial charge >= 0.3 is 6.09 Å². The van der Waals surface area contributed by atoms with Crippen molar-refractivity contribution < 1.29 is 9.90 Å². The van der Waals surface area contributed by atoms with E-state index in [1.807, 2.05) is 0 Å². The molecule has 0 saturated carbocycles. The van der Waals surface area contributed by atoms with Gasteiger partial charge in [-0.1, -0.05) is 0 Å². The third-order valence-electron chi connectivity index (χ3n) is 0.813. The predicted molar refractivity (Wildman–Crippen MR) is 37.2 cm³/mol. The molecule has 0 heterocycles. The maximum atomic E-state index is 10.1. The third kappa shape index (κ3) is 2.27. The molecule has 0 unspecified atom stereocenters. The molecule has 0 aromatic carbocycles. The highest BCUT2D eigenvalue weighted by molar-refractivity contribution is 7.80. The Morgan fingerprint density at radius 1 is 1.89 bits per heavy atom. The van der Waals surface area contributed by atoms with Crippen molar-refractivity contribution in [3.8, 4) is 0 Å². The first-order valence-corrected chi connectivity index (χ1v) is 2.80. The fraction of sp³-hybridized carbons (Fsp3) is 0.500. The molecule has 0 saturated heterocycles. The average molecular weight is 148 g/mol. The minimum atomic E-state index is -1.11. The molecular weight excluding hydrogens is 140 g/mol. The van der Waals surface area contributed by atoms with E-state index >= 15 is 0 Å². The molecule has 0 atom stereocenters. The molecule has 1 amide bonds. The van der Waals surface area contributed by atoms with Crippen LogP contribution in [0.1, 0.15) is 6.92 Å². The third-order valence-corrected chi connectivity index (χ3v) is 1.03. The molecule has 0 rings (SSSR count). The number of hydrogen-bond donors (Lipinski definition) is 2. The number of rotatable bonds is 1. The fourth-order valence-electron chi connectivity index (χ4n) is 0.385. The lowest BCUT2D eigenvalue weighted by Crippen LogP contribution is -2.39. The molecule has 4 nitrogen and oxygen atoms in total. The molecule has 0 radical (unpaired) electrons. The zero-order chi connectivity index (χ0) is 7.44. The Labute approximate surface area is 58.2 Å². The summed E-state index contributed by atoms with van der Waals surface area (Å²) in [5.74, 6) is 0. The van der Waals surface area contributed by atoms with E-state index in [0.717, 1.165) is 4.90 Å². The Balaban J connectivity index is 3.99. The maximum absolute atomic E-state index is 10.1. The van der Waals surface area contributed by atoms with Crippen LogP contribution >= 0.6 is 12.2 Å². The van der Waals surface area contributed by atoms with Crippen molar-refractivity contribution in [2.45, 2.75) is 6.92 Å². The van der Waals surface area contributed by atoms with E-state index in [9.17, 15) is 4.79 Å². The van der Waals surface area contributed by atoms with E-state index in [1.165, 1.54) is 0 Å². The number of carbonyl (C=O) groups is 1.